The Morgan fingerprint density at radius 2 is 2.11 bits per heavy atom. The number of hydrogen-bond donors (Lipinski definition) is 2. The summed E-state index contributed by atoms with van der Waals surface area (Å²) in [7, 11) is 1.55. The van der Waals surface area contributed by atoms with Gasteiger partial charge in [-0.1, -0.05) is 12.2 Å². The van der Waals surface area contributed by atoms with E-state index in [2.05, 4.69) is 15.2 Å². The summed E-state index contributed by atoms with van der Waals surface area (Å²) < 4.78 is 17.0. The van der Waals surface area contributed by atoms with Crippen molar-refractivity contribution < 1.29 is 24.1 Å². The standard InChI is InChI=1S/C24H30N6O5/c1-33-21-19(35-16-17(31)15-28-11-13-34-14-12-28)6-5-18-20(21)26-23(30-10-7-25-22(18)30)27-24(32)29-8-3-2-4-9-29/h2-6,8,17,31H,7,9-16H2,1H3,(H,26,27,32)/t17-/m1/s1. The molecule has 0 saturated carbocycles. The largest absolute Gasteiger partial charge is 0.491 e. The summed E-state index contributed by atoms with van der Waals surface area (Å²) in [5, 5.41) is 13.4. The van der Waals surface area contributed by atoms with Crippen LogP contribution >= 0.6 is 0 Å². The second kappa shape index (κ2) is 10.5. The molecule has 11 nitrogen and oxygen atoms in total. The number of urea groups is 1. The fourth-order valence-corrected chi connectivity index (χ4v) is 4.41. The van der Waals surface area contributed by atoms with Crippen LogP contribution in [-0.2, 0) is 4.74 Å². The molecule has 1 saturated heterocycles. The molecule has 11 heteroatoms. The average Bonchev–Trinajstić information content (AvgIpc) is 3.39. The second-order valence-electron chi connectivity index (χ2n) is 8.52. The smallest absolute Gasteiger partial charge is 0.328 e. The van der Waals surface area contributed by atoms with Crippen LogP contribution in [0.1, 0.15) is 5.56 Å². The number of β-amino-alcohol motifs (C(OH)–C–C–N with tert-alkyl or cyclic N) is 1. The van der Waals surface area contributed by atoms with Crippen LogP contribution in [0.25, 0.3) is 0 Å². The molecule has 1 atom stereocenters. The summed E-state index contributed by atoms with van der Waals surface area (Å²) in [5.41, 5.74) is 1.34. The Labute approximate surface area is 204 Å². The zero-order valence-corrected chi connectivity index (χ0v) is 19.7. The lowest BCUT2D eigenvalue weighted by atomic mass is 10.1. The number of amides is 2. The molecule has 0 radical (unpaired) electrons. The number of aliphatic hydroxyl groups excluding tert-OH is 1. The summed E-state index contributed by atoms with van der Waals surface area (Å²) in [6.07, 6.45) is 6.67. The molecule has 2 amide bonds. The fourth-order valence-electron chi connectivity index (χ4n) is 4.41. The van der Waals surface area contributed by atoms with Gasteiger partial charge in [0, 0.05) is 44.5 Å². The lowest BCUT2D eigenvalue weighted by Crippen LogP contribution is -2.50. The number of morpholine rings is 1. The van der Waals surface area contributed by atoms with Gasteiger partial charge in [-0.2, -0.15) is 0 Å². The number of allylic oxidation sites excluding steroid dienone is 2. The Kier molecular flexibility index (Phi) is 6.98. The Morgan fingerprint density at radius 3 is 2.89 bits per heavy atom. The van der Waals surface area contributed by atoms with Crippen LogP contribution in [0.4, 0.5) is 10.5 Å². The molecule has 1 aromatic carbocycles. The third-order valence-electron chi connectivity index (χ3n) is 6.15. The van der Waals surface area contributed by atoms with E-state index in [0.29, 0.717) is 62.5 Å². The molecule has 4 aliphatic rings. The molecule has 2 N–H and O–H groups in total. The van der Waals surface area contributed by atoms with Gasteiger partial charge in [0.2, 0.25) is 5.96 Å². The van der Waals surface area contributed by atoms with Crippen molar-refractivity contribution in [3.63, 3.8) is 0 Å². The number of rotatable bonds is 6. The Morgan fingerprint density at radius 1 is 1.26 bits per heavy atom. The number of guanidine groups is 1. The maximum Gasteiger partial charge on any atom is 0.328 e. The van der Waals surface area contributed by atoms with Crippen molar-refractivity contribution >= 4 is 23.5 Å². The summed E-state index contributed by atoms with van der Waals surface area (Å²) in [5.74, 6) is 2.03. The quantitative estimate of drug-likeness (QED) is 0.620. The molecule has 4 heterocycles. The summed E-state index contributed by atoms with van der Waals surface area (Å²) in [6.45, 7) is 5.28. The van der Waals surface area contributed by atoms with Gasteiger partial charge < -0.3 is 19.3 Å². The number of ether oxygens (including phenoxy) is 3. The predicted octanol–water partition coefficient (Wildman–Crippen LogP) is 0.926. The van der Waals surface area contributed by atoms with Gasteiger partial charge in [-0.05, 0) is 18.2 Å². The molecule has 1 aromatic rings. The molecular weight excluding hydrogens is 452 g/mol. The van der Waals surface area contributed by atoms with E-state index in [4.69, 9.17) is 19.2 Å². The van der Waals surface area contributed by atoms with Crippen LogP contribution in [-0.4, -0.2) is 110 Å². The Bertz CT molecular complexity index is 1080. The molecule has 0 spiro atoms. The number of carbonyl (C=O) groups excluding carboxylic acids is 1. The zero-order valence-electron chi connectivity index (χ0n) is 19.7. The normalized spacial score (nSPS) is 20.1. The van der Waals surface area contributed by atoms with Crippen LogP contribution in [0, 0.1) is 0 Å². The van der Waals surface area contributed by atoms with Crippen molar-refractivity contribution in [2.45, 2.75) is 6.10 Å². The number of aliphatic hydroxyl groups is 1. The Balaban J connectivity index is 1.35. The number of amidine groups is 1. The van der Waals surface area contributed by atoms with E-state index in [9.17, 15) is 9.90 Å². The number of carbonyl (C=O) groups is 1. The van der Waals surface area contributed by atoms with Gasteiger partial charge in [-0.3, -0.25) is 25.0 Å². The maximum atomic E-state index is 12.8. The lowest BCUT2D eigenvalue weighted by molar-refractivity contribution is 0.00446. The van der Waals surface area contributed by atoms with Crippen LogP contribution in [0.5, 0.6) is 11.5 Å². The highest BCUT2D eigenvalue weighted by molar-refractivity contribution is 6.18. The molecule has 35 heavy (non-hydrogen) atoms. The van der Waals surface area contributed by atoms with E-state index in [0.717, 1.165) is 24.5 Å². The van der Waals surface area contributed by atoms with E-state index in [1.54, 1.807) is 18.2 Å². The number of methoxy groups -OCH3 is 1. The van der Waals surface area contributed by atoms with Gasteiger partial charge in [0.25, 0.3) is 0 Å². The first kappa shape index (κ1) is 23.3. The monoisotopic (exact) mass is 482 g/mol. The number of nitrogens with zero attached hydrogens (tertiary/aromatic N) is 5. The van der Waals surface area contributed by atoms with Gasteiger partial charge >= 0.3 is 6.03 Å². The van der Waals surface area contributed by atoms with Crippen molar-refractivity contribution in [2.24, 2.45) is 9.98 Å². The van der Waals surface area contributed by atoms with Crippen LogP contribution in [0.2, 0.25) is 0 Å². The first-order chi connectivity index (χ1) is 17.1. The van der Waals surface area contributed by atoms with Crippen molar-refractivity contribution in [3.8, 4) is 11.5 Å². The van der Waals surface area contributed by atoms with E-state index in [1.165, 1.54) is 0 Å². The third-order valence-corrected chi connectivity index (χ3v) is 6.15. The van der Waals surface area contributed by atoms with E-state index in [1.807, 2.05) is 35.3 Å². The number of aliphatic imine (C=N–C) groups is 2. The van der Waals surface area contributed by atoms with Gasteiger partial charge in [0.15, 0.2) is 11.5 Å². The second-order valence-corrected chi connectivity index (χ2v) is 8.52. The maximum absolute atomic E-state index is 12.8. The van der Waals surface area contributed by atoms with Gasteiger partial charge in [0.1, 0.15) is 24.2 Å². The van der Waals surface area contributed by atoms with Gasteiger partial charge in [-0.25, -0.2) is 9.79 Å². The van der Waals surface area contributed by atoms with Crippen LogP contribution in [0.3, 0.4) is 0 Å². The molecule has 186 valence electrons. The van der Waals surface area contributed by atoms with Crippen LogP contribution in [0.15, 0.2) is 46.5 Å². The number of benzene rings is 1. The Hall–Kier alpha value is -3.41. The predicted molar refractivity (Wildman–Crippen MR) is 130 cm³/mol. The molecule has 0 bridgehead atoms. The molecule has 0 aliphatic carbocycles. The summed E-state index contributed by atoms with van der Waals surface area (Å²) in [4.78, 5) is 27.8. The topological polar surface area (TPSA) is 111 Å². The van der Waals surface area contributed by atoms with Crippen molar-refractivity contribution in [1.82, 2.24) is 20.0 Å². The molecule has 0 aromatic heterocycles. The molecule has 4 aliphatic heterocycles. The van der Waals surface area contributed by atoms with Gasteiger partial charge in [0.05, 0.1) is 26.9 Å². The highest BCUT2D eigenvalue weighted by Gasteiger charge is 2.34. The number of hydrogen-bond acceptors (Lipinski definition) is 9. The highest BCUT2D eigenvalue weighted by Crippen LogP contribution is 2.43. The highest BCUT2D eigenvalue weighted by atomic mass is 16.5. The average molecular weight is 483 g/mol. The molecule has 0 unspecified atom stereocenters. The van der Waals surface area contributed by atoms with Crippen molar-refractivity contribution in [1.29, 1.82) is 0 Å². The van der Waals surface area contributed by atoms with Gasteiger partial charge in [-0.15, -0.1) is 0 Å². The minimum absolute atomic E-state index is 0.113. The minimum Gasteiger partial charge on any atom is -0.491 e. The third kappa shape index (κ3) is 5.02. The number of fused-ring (bicyclic) bond motifs is 3. The first-order valence-corrected chi connectivity index (χ1v) is 11.8. The first-order valence-electron chi connectivity index (χ1n) is 11.8. The zero-order chi connectivity index (χ0) is 24.2. The molecular formula is C24H30N6O5. The summed E-state index contributed by atoms with van der Waals surface area (Å²) in [6, 6.07) is 3.41. The lowest BCUT2D eigenvalue weighted by Gasteiger charge is -2.30. The summed E-state index contributed by atoms with van der Waals surface area (Å²) >= 11 is 0. The van der Waals surface area contributed by atoms with E-state index < -0.39 is 6.10 Å². The van der Waals surface area contributed by atoms with Crippen molar-refractivity contribution in [3.05, 3.63) is 42.1 Å². The van der Waals surface area contributed by atoms with Crippen molar-refractivity contribution in [2.75, 3.05) is 66.2 Å². The fraction of sp³-hybridized carbons (Fsp3) is 0.458. The molecule has 5 rings (SSSR count). The SMILES string of the molecule is COc1c(OC[C@H](O)CN2CCOCC2)ccc2c1N=C(NC(=O)N1C=CC=CC1)N1CCN=C21. The number of nitrogens with one attached hydrogen (secondary N) is 1. The van der Waals surface area contributed by atoms with E-state index in [-0.39, 0.29) is 12.6 Å². The molecule has 1 fully saturated rings. The van der Waals surface area contributed by atoms with E-state index >= 15 is 0 Å². The van der Waals surface area contributed by atoms with Crippen LogP contribution < -0.4 is 14.8 Å². The minimum atomic E-state index is -0.659.